The third-order valence-corrected chi connectivity index (χ3v) is 4.55. The highest BCUT2D eigenvalue weighted by Crippen LogP contribution is 2.54. The van der Waals surface area contributed by atoms with E-state index in [4.69, 9.17) is 13.6 Å². The van der Waals surface area contributed by atoms with Crippen molar-refractivity contribution in [3.8, 4) is 0 Å². The second-order valence-corrected chi connectivity index (χ2v) is 6.45. The van der Waals surface area contributed by atoms with Crippen molar-refractivity contribution < 1.29 is 27.7 Å². The minimum absolute atomic E-state index is 0.0743. The van der Waals surface area contributed by atoms with Gasteiger partial charge in [0.15, 0.2) is 0 Å². The first kappa shape index (κ1) is 17.6. The molecule has 8 nitrogen and oxygen atoms in total. The second kappa shape index (κ2) is 7.70. The van der Waals surface area contributed by atoms with Crippen LogP contribution in [0.1, 0.15) is 24.2 Å². The Balaban J connectivity index is 1.93. The SMILES string of the molecule is CCOP1(=O)OCC(CNC(=O)c2ccccc2NC(C)=O)O1. The minimum atomic E-state index is -3.49. The maximum atomic E-state index is 12.2. The van der Waals surface area contributed by atoms with Crippen LogP contribution in [-0.4, -0.2) is 37.7 Å². The highest BCUT2D eigenvalue weighted by Gasteiger charge is 2.38. The molecule has 2 amide bonds. The van der Waals surface area contributed by atoms with Crippen LogP contribution in [0.2, 0.25) is 0 Å². The Kier molecular flexibility index (Phi) is 5.90. The van der Waals surface area contributed by atoms with E-state index in [9.17, 15) is 14.2 Å². The van der Waals surface area contributed by atoms with Gasteiger partial charge in [-0.15, -0.1) is 0 Å². The Morgan fingerprint density at radius 2 is 2.13 bits per heavy atom. The molecule has 1 aliphatic rings. The number of phosphoric acid groups is 1. The maximum absolute atomic E-state index is 12.2. The number of anilines is 1. The van der Waals surface area contributed by atoms with Gasteiger partial charge in [0.05, 0.1) is 24.5 Å². The van der Waals surface area contributed by atoms with E-state index in [1.807, 2.05) is 0 Å². The van der Waals surface area contributed by atoms with Gasteiger partial charge >= 0.3 is 7.82 Å². The van der Waals surface area contributed by atoms with Crippen molar-refractivity contribution in [3.63, 3.8) is 0 Å². The minimum Gasteiger partial charge on any atom is -0.349 e. The summed E-state index contributed by atoms with van der Waals surface area (Å²) in [5.41, 5.74) is 0.746. The topological polar surface area (TPSA) is 103 Å². The molecule has 1 aromatic carbocycles. The van der Waals surface area contributed by atoms with E-state index in [-0.39, 0.29) is 31.6 Å². The number of rotatable bonds is 6. The van der Waals surface area contributed by atoms with E-state index in [1.54, 1.807) is 31.2 Å². The molecule has 2 atom stereocenters. The predicted octanol–water partition coefficient (Wildman–Crippen LogP) is 1.93. The summed E-state index contributed by atoms with van der Waals surface area (Å²) in [6, 6.07) is 6.64. The zero-order chi connectivity index (χ0) is 16.9. The van der Waals surface area contributed by atoms with Gasteiger partial charge in [-0.05, 0) is 19.1 Å². The predicted molar refractivity (Wildman–Crippen MR) is 83.1 cm³/mol. The molecule has 2 rings (SSSR count). The zero-order valence-corrected chi connectivity index (χ0v) is 13.8. The first-order valence-corrected chi connectivity index (χ1v) is 8.62. The molecule has 0 bridgehead atoms. The van der Waals surface area contributed by atoms with Crippen LogP contribution in [0.5, 0.6) is 0 Å². The number of amides is 2. The molecule has 1 heterocycles. The van der Waals surface area contributed by atoms with Gasteiger partial charge in [0.2, 0.25) is 5.91 Å². The normalized spacial score (nSPS) is 23.5. The van der Waals surface area contributed by atoms with Crippen molar-refractivity contribution in [2.45, 2.75) is 20.0 Å². The van der Waals surface area contributed by atoms with Crippen molar-refractivity contribution >= 4 is 25.3 Å². The molecule has 1 fully saturated rings. The molecule has 126 valence electrons. The quantitative estimate of drug-likeness (QED) is 0.766. The van der Waals surface area contributed by atoms with Crippen molar-refractivity contribution in [1.29, 1.82) is 0 Å². The number of benzene rings is 1. The smallest absolute Gasteiger partial charge is 0.349 e. The monoisotopic (exact) mass is 342 g/mol. The Morgan fingerprint density at radius 1 is 1.39 bits per heavy atom. The highest BCUT2D eigenvalue weighted by molar-refractivity contribution is 7.48. The fourth-order valence-electron chi connectivity index (χ4n) is 2.02. The second-order valence-electron chi connectivity index (χ2n) is 4.82. The molecule has 2 unspecified atom stereocenters. The molecule has 0 radical (unpaired) electrons. The van der Waals surface area contributed by atoms with E-state index >= 15 is 0 Å². The first-order valence-electron chi connectivity index (χ1n) is 7.16. The molecule has 23 heavy (non-hydrogen) atoms. The molecule has 0 saturated carbocycles. The largest absolute Gasteiger partial charge is 0.475 e. The van der Waals surface area contributed by atoms with E-state index in [1.165, 1.54) is 6.92 Å². The standard InChI is InChI=1S/C14H19N2O6P/c1-3-20-23(19)21-9-11(22-23)8-15-14(18)12-6-4-5-7-13(12)16-10(2)17/h4-7,11H,3,8-9H2,1-2H3,(H,15,18)(H,16,17). The Labute approximate surface area is 134 Å². The summed E-state index contributed by atoms with van der Waals surface area (Å²) in [5.74, 6) is -0.647. The van der Waals surface area contributed by atoms with Gasteiger partial charge in [0, 0.05) is 13.5 Å². The molecule has 1 aliphatic heterocycles. The number of carbonyl (C=O) groups excluding carboxylic acids is 2. The molecule has 0 aromatic heterocycles. The summed E-state index contributed by atoms with van der Waals surface area (Å²) in [7, 11) is -3.49. The van der Waals surface area contributed by atoms with Crippen LogP contribution in [0.4, 0.5) is 5.69 Å². The fraction of sp³-hybridized carbons (Fsp3) is 0.429. The molecule has 1 saturated heterocycles. The number of hydrogen-bond acceptors (Lipinski definition) is 6. The van der Waals surface area contributed by atoms with Gasteiger partial charge < -0.3 is 10.6 Å². The number of phosphoric ester groups is 1. The lowest BCUT2D eigenvalue weighted by atomic mass is 10.1. The van der Waals surface area contributed by atoms with E-state index in [0.717, 1.165) is 0 Å². The van der Waals surface area contributed by atoms with Gasteiger partial charge in [-0.2, -0.15) is 0 Å². The zero-order valence-electron chi connectivity index (χ0n) is 12.9. The van der Waals surface area contributed by atoms with Crippen molar-refractivity contribution in [3.05, 3.63) is 29.8 Å². The number of para-hydroxylation sites is 1. The average molecular weight is 342 g/mol. The summed E-state index contributed by atoms with van der Waals surface area (Å²) in [5, 5.41) is 5.25. The summed E-state index contributed by atoms with van der Waals surface area (Å²) in [6.45, 7) is 3.44. The molecule has 9 heteroatoms. The summed E-state index contributed by atoms with van der Waals surface area (Å²) in [6.07, 6.45) is -0.552. The lowest BCUT2D eigenvalue weighted by molar-refractivity contribution is -0.114. The third kappa shape index (κ3) is 4.87. The lowest BCUT2D eigenvalue weighted by Crippen LogP contribution is -2.33. The van der Waals surface area contributed by atoms with Gasteiger partial charge in [0.1, 0.15) is 6.10 Å². The number of nitrogens with one attached hydrogen (secondary N) is 2. The van der Waals surface area contributed by atoms with Gasteiger partial charge in [0.25, 0.3) is 5.91 Å². The van der Waals surface area contributed by atoms with Gasteiger partial charge in [-0.3, -0.25) is 23.2 Å². The molecular weight excluding hydrogens is 323 g/mol. The first-order chi connectivity index (χ1) is 10.9. The summed E-state index contributed by atoms with van der Waals surface area (Å²) < 4.78 is 27.0. The summed E-state index contributed by atoms with van der Waals surface area (Å²) >= 11 is 0. The van der Waals surface area contributed by atoms with E-state index < -0.39 is 13.9 Å². The van der Waals surface area contributed by atoms with Crippen LogP contribution in [-0.2, 0) is 22.9 Å². The van der Waals surface area contributed by atoms with Crippen LogP contribution >= 0.6 is 7.82 Å². The third-order valence-electron chi connectivity index (χ3n) is 2.96. The lowest BCUT2D eigenvalue weighted by Gasteiger charge is -2.13. The van der Waals surface area contributed by atoms with Crippen LogP contribution in [0.3, 0.4) is 0 Å². The van der Waals surface area contributed by atoms with Crippen molar-refractivity contribution in [2.24, 2.45) is 0 Å². The Morgan fingerprint density at radius 3 is 2.83 bits per heavy atom. The Bertz CT molecular complexity index is 635. The van der Waals surface area contributed by atoms with Crippen LogP contribution < -0.4 is 10.6 Å². The van der Waals surface area contributed by atoms with Crippen molar-refractivity contribution in [1.82, 2.24) is 5.32 Å². The fourth-order valence-corrected chi connectivity index (χ4v) is 3.38. The van der Waals surface area contributed by atoms with E-state index in [0.29, 0.717) is 11.3 Å². The average Bonchev–Trinajstić information content (AvgIpc) is 2.86. The van der Waals surface area contributed by atoms with Crippen LogP contribution in [0, 0.1) is 0 Å². The van der Waals surface area contributed by atoms with Crippen LogP contribution in [0.25, 0.3) is 0 Å². The van der Waals surface area contributed by atoms with E-state index in [2.05, 4.69) is 10.6 Å². The van der Waals surface area contributed by atoms with Crippen molar-refractivity contribution in [2.75, 3.05) is 25.1 Å². The molecule has 2 N–H and O–H groups in total. The van der Waals surface area contributed by atoms with Gasteiger partial charge in [-0.25, -0.2) is 4.57 Å². The van der Waals surface area contributed by atoms with Crippen LogP contribution in [0.15, 0.2) is 24.3 Å². The number of hydrogen-bond donors (Lipinski definition) is 2. The molecule has 1 aromatic rings. The highest BCUT2D eigenvalue weighted by atomic mass is 31.2. The molecular formula is C14H19N2O6P. The maximum Gasteiger partial charge on any atom is 0.475 e. The van der Waals surface area contributed by atoms with Gasteiger partial charge in [-0.1, -0.05) is 12.1 Å². The molecule has 0 aliphatic carbocycles. The summed E-state index contributed by atoms with van der Waals surface area (Å²) in [4.78, 5) is 23.4. The Hall–Kier alpha value is -1.73. The molecule has 0 spiro atoms. The number of carbonyl (C=O) groups is 2.